The van der Waals surface area contributed by atoms with Crippen LogP contribution in [-0.2, 0) is 4.79 Å². The standard InChI is InChI=1S/C22H26N4O4/c1-15-5-8-19(24-14-15)26-20(27)9-12-23-21(28)25-16-6-7-17-18(13-16)30-22(29-17)10-3-2-4-11-22/h5-8,13-14H,2-4,9-12H2,1H3,(H2,23,25,28)(H,24,26,27). The molecule has 8 heteroatoms. The molecule has 1 spiro atoms. The third kappa shape index (κ3) is 4.82. The van der Waals surface area contributed by atoms with Gasteiger partial charge in [0.1, 0.15) is 5.82 Å². The van der Waals surface area contributed by atoms with E-state index < -0.39 is 5.79 Å². The zero-order chi connectivity index (χ0) is 21.0. The molecule has 1 aliphatic heterocycles. The van der Waals surface area contributed by atoms with Crippen molar-refractivity contribution < 1.29 is 19.1 Å². The van der Waals surface area contributed by atoms with Gasteiger partial charge in [-0.05, 0) is 43.5 Å². The first-order valence-corrected chi connectivity index (χ1v) is 10.3. The molecule has 1 aromatic carbocycles. The highest BCUT2D eigenvalue weighted by molar-refractivity contribution is 5.92. The van der Waals surface area contributed by atoms with Gasteiger partial charge in [-0.3, -0.25) is 4.79 Å². The van der Waals surface area contributed by atoms with Crippen molar-refractivity contribution in [1.82, 2.24) is 10.3 Å². The molecule has 2 heterocycles. The lowest BCUT2D eigenvalue weighted by Crippen LogP contribution is -2.40. The Balaban J connectivity index is 1.23. The largest absolute Gasteiger partial charge is 0.448 e. The van der Waals surface area contributed by atoms with Gasteiger partial charge in [-0.2, -0.15) is 0 Å². The molecular weight excluding hydrogens is 384 g/mol. The highest BCUT2D eigenvalue weighted by atomic mass is 16.7. The highest BCUT2D eigenvalue weighted by Gasteiger charge is 2.42. The summed E-state index contributed by atoms with van der Waals surface area (Å²) in [5.41, 5.74) is 1.62. The second kappa shape index (κ2) is 8.61. The number of hydrogen-bond acceptors (Lipinski definition) is 5. The van der Waals surface area contributed by atoms with Gasteiger partial charge in [-0.1, -0.05) is 12.5 Å². The van der Waals surface area contributed by atoms with Crippen molar-refractivity contribution in [3.8, 4) is 11.5 Å². The average Bonchev–Trinajstić information content (AvgIpc) is 3.06. The SMILES string of the molecule is Cc1ccc(NC(=O)CCNC(=O)Nc2ccc3c(c2)OC2(CCCCC2)O3)nc1. The monoisotopic (exact) mass is 410 g/mol. The van der Waals surface area contributed by atoms with E-state index in [-0.39, 0.29) is 24.9 Å². The van der Waals surface area contributed by atoms with Crippen LogP contribution in [0.1, 0.15) is 44.1 Å². The summed E-state index contributed by atoms with van der Waals surface area (Å²) < 4.78 is 12.1. The molecule has 1 fully saturated rings. The van der Waals surface area contributed by atoms with Crippen LogP contribution in [-0.4, -0.2) is 29.3 Å². The zero-order valence-corrected chi connectivity index (χ0v) is 17.0. The average molecular weight is 410 g/mol. The van der Waals surface area contributed by atoms with Crippen molar-refractivity contribution in [3.63, 3.8) is 0 Å². The number of ether oxygens (including phenoxy) is 2. The van der Waals surface area contributed by atoms with E-state index in [0.29, 0.717) is 23.0 Å². The van der Waals surface area contributed by atoms with Crippen LogP contribution < -0.4 is 25.4 Å². The lowest BCUT2D eigenvalue weighted by atomic mass is 9.94. The van der Waals surface area contributed by atoms with Crippen molar-refractivity contribution in [2.24, 2.45) is 0 Å². The summed E-state index contributed by atoms with van der Waals surface area (Å²) in [7, 11) is 0. The van der Waals surface area contributed by atoms with Crippen LogP contribution in [0.5, 0.6) is 11.5 Å². The Labute approximate surface area is 175 Å². The number of anilines is 2. The number of amides is 3. The number of pyridine rings is 1. The Kier molecular flexibility index (Phi) is 5.74. The summed E-state index contributed by atoms with van der Waals surface area (Å²) in [6.45, 7) is 2.13. The van der Waals surface area contributed by atoms with Crippen molar-refractivity contribution in [3.05, 3.63) is 42.1 Å². The second-order valence-electron chi connectivity index (χ2n) is 7.74. The number of rotatable bonds is 5. The molecule has 0 bridgehead atoms. The Morgan fingerprint density at radius 2 is 1.83 bits per heavy atom. The van der Waals surface area contributed by atoms with Crippen LogP contribution >= 0.6 is 0 Å². The molecule has 30 heavy (non-hydrogen) atoms. The lowest BCUT2D eigenvalue weighted by Gasteiger charge is -2.31. The van der Waals surface area contributed by atoms with Gasteiger partial charge in [0.2, 0.25) is 5.91 Å². The molecular formula is C22H26N4O4. The molecule has 1 saturated carbocycles. The number of aromatic nitrogens is 1. The van der Waals surface area contributed by atoms with Crippen LogP contribution in [0.4, 0.5) is 16.3 Å². The predicted octanol–water partition coefficient (Wildman–Crippen LogP) is 3.97. The highest BCUT2D eigenvalue weighted by Crippen LogP contribution is 2.46. The topological polar surface area (TPSA) is 102 Å². The Hall–Kier alpha value is -3.29. The third-order valence-corrected chi connectivity index (χ3v) is 5.23. The van der Waals surface area contributed by atoms with Gasteiger partial charge < -0.3 is 25.4 Å². The number of fused-ring (bicyclic) bond motifs is 1. The minimum absolute atomic E-state index is 0.145. The van der Waals surface area contributed by atoms with E-state index in [1.54, 1.807) is 24.4 Å². The van der Waals surface area contributed by atoms with E-state index in [1.807, 2.05) is 19.1 Å². The molecule has 158 valence electrons. The van der Waals surface area contributed by atoms with Gasteiger partial charge in [0.05, 0.1) is 0 Å². The molecule has 3 amide bonds. The summed E-state index contributed by atoms with van der Waals surface area (Å²) in [6.07, 6.45) is 6.98. The van der Waals surface area contributed by atoms with E-state index >= 15 is 0 Å². The maximum atomic E-state index is 12.1. The zero-order valence-electron chi connectivity index (χ0n) is 17.0. The third-order valence-electron chi connectivity index (χ3n) is 5.23. The smallest absolute Gasteiger partial charge is 0.319 e. The first kappa shape index (κ1) is 20.0. The van der Waals surface area contributed by atoms with Gasteiger partial charge in [-0.25, -0.2) is 9.78 Å². The number of nitrogens with one attached hydrogen (secondary N) is 3. The number of carbonyl (C=O) groups excluding carboxylic acids is 2. The Morgan fingerprint density at radius 3 is 2.60 bits per heavy atom. The van der Waals surface area contributed by atoms with Crippen LogP contribution in [0.25, 0.3) is 0 Å². The van der Waals surface area contributed by atoms with Crippen LogP contribution in [0.15, 0.2) is 36.5 Å². The van der Waals surface area contributed by atoms with Gasteiger partial charge in [0, 0.05) is 43.8 Å². The summed E-state index contributed by atoms with van der Waals surface area (Å²) >= 11 is 0. The van der Waals surface area contributed by atoms with E-state index in [9.17, 15) is 9.59 Å². The molecule has 2 aromatic rings. The molecule has 2 aliphatic rings. The molecule has 0 saturated heterocycles. The maximum Gasteiger partial charge on any atom is 0.319 e. The summed E-state index contributed by atoms with van der Waals surface area (Å²) in [4.78, 5) is 28.2. The molecule has 8 nitrogen and oxygen atoms in total. The fraction of sp³-hybridized carbons (Fsp3) is 0.409. The molecule has 0 radical (unpaired) electrons. The first-order chi connectivity index (χ1) is 14.5. The van der Waals surface area contributed by atoms with Crippen molar-refractivity contribution in [2.75, 3.05) is 17.2 Å². The Bertz CT molecular complexity index is 923. The molecule has 0 unspecified atom stereocenters. The second-order valence-corrected chi connectivity index (χ2v) is 7.74. The van der Waals surface area contributed by atoms with Gasteiger partial charge in [-0.15, -0.1) is 0 Å². The minimum Gasteiger partial charge on any atom is -0.448 e. The number of benzene rings is 1. The molecule has 3 N–H and O–H groups in total. The van der Waals surface area contributed by atoms with Crippen molar-refractivity contribution >= 4 is 23.4 Å². The van der Waals surface area contributed by atoms with Crippen LogP contribution in [0.3, 0.4) is 0 Å². The van der Waals surface area contributed by atoms with Crippen molar-refractivity contribution in [2.45, 2.75) is 51.2 Å². The number of carbonyl (C=O) groups is 2. The number of aryl methyl sites for hydroxylation is 1. The Morgan fingerprint density at radius 1 is 1.03 bits per heavy atom. The molecule has 0 atom stereocenters. The number of hydrogen-bond donors (Lipinski definition) is 3. The van der Waals surface area contributed by atoms with E-state index in [2.05, 4.69) is 20.9 Å². The van der Waals surface area contributed by atoms with Gasteiger partial charge in [0.25, 0.3) is 5.79 Å². The van der Waals surface area contributed by atoms with Crippen LogP contribution in [0.2, 0.25) is 0 Å². The number of urea groups is 1. The fourth-order valence-electron chi connectivity index (χ4n) is 3.68. The van der Waals surface area contributed by atoms with E-state index in [1.165, 1.54) is 6.42 Å². The summed E-state index contributed by atoms with van der Waals surface area (Å²) in [5, 5.41) is 8.14. The van der Waals surface area contributed by atoms with Gasteiger partial charge >= 0.3 is 6.03 Å². The lowest BCUT2D eigenvalue weighted by molar-refractivity contribution is -0.116. The molecule has 1 aliphatic carbocycles. The minimum atomic E-state index is -0.541. The molecule has 4 rings (SSSR count). The molecule has 1 aromatic heterocycles. The number of nitrogens with zero attached hydrogens (tertiary/aromatic N) is 1. The first-order valence-electron chi connectivity index (χ1n) is 10.3. The van der Waals surface area contributed by atoms with E-state index in [0.717, 1.165) is 31.2 Å². The van der Waals surface area contributed by atoms with Gasteiger partial charge in [0.15, 0.2) is 11.5 Å². The normalized spacial score (nSPS) is 16.2. The maximum absolute atomic E-state index is 12.1. The summed E-state index contributed by atoms with van der Waals surface area (Å²) in [5.74, 6) is 1.10. The van der Waals surface area contributed by atoms with Crippen molar-refractivity contribution in [1.29, 1.82) is 0 Å². The quantitative estimate of drug-likeness (QED) is 0.692. The van der Waals surface area contributed by atoms with E-state index in [4.69, 9.17) is 9.47 Å². The van der Waals surface area contributed by atoms with Crippen LogP contribution in [0, 0.1) is 6.92 Å². The fourth-order valence-corrected chi connectivity index (χ4v) is 3.68. The summed E-state index contributed by atoms with van der Waals surface area (Å²) in [6, 6.07) is 8.59. The predicted molar refractivity (Wildman–Crippen MR) is 113 cm³/mol.